The summed E-state index contributed by atoms with van der Waals surface area (Å²) in [6, 6.07) is 0. The van der Waals surface area contributed by atoms with Crippen molar-refractivity contribution in [1.29, 1.82) is 0 Å². The minimum absolute atomic E-state index is 1.03. The van der Waals surface area contributed by atoms with Crippen LogP contribution in [0.4, 0.5) is 5.95 Å². The van der Waals surface area contributed by atoms with E-state index in [1.54, 1.807) is 6.20 Å². The molecule has 2 rings (SSSR count). The maximum atomic E-state index is 4.17. The standard InChI is InChI=1S/C7H11N3/c1-2-6-10(5-1)7-8-3-4-9-7/h3-4H,1-2,5-6H2,(H,8,9). The summed E-state index contributed by atoms with van der Waals surface area (Å²) in [5.74, 6) is 1.03. The number of H-pyrrole nitrogens is 1. The van der Waals surface area contributed by atoms with Crippen LogP contribution in [0.5, 0.6) is 0 Å². The number of hydrogen-bond donors (Lipinski definition) is 1. The van der Waals surface area contributed by atoms with Crippen molar-refractivity contribution < 1.29 is 0 Å². The monoisotopic (exact) mass is 137 g/mol. The summed E-state index contributed by atoms with van der Waals surface area (Å²) in [5, 5.41) is 0. The Labute approximate surface area is 60.1 Å². The zero-order valence-electron chi connectivity index (χ0n) is 5.88. The Kier molecular flexibility index (Phi) is 1.34. The molecule has 1 aliphatic heterocycles. The van der Waals surface area contributed by atoms with Crippen LogP contribution in [0, 0.1) is 0 Å². The molecule has 0 bridgehead atoms. The molecule has 1 saturated heterocycles. The molecule has 0 aliphatic carbocycles. The molecule has 1 aromatic rings. The fraction of sp³-hybridized carbons (Fsp3) is 0.571. The first kappa shape index (κ1) is 5.77. The lowest BCUT2D eigenvalue weighted by atomic mass is 10.4. The predicted molar refractivity (Wildman–Crippen MR) is 40.0 cm³/mol. The van der Waals surface area contributed by atoms with E-state index in [1.165, 1.54) is 12.8 Å². The van der Waals surface area contributed by atoms with E-state index in [1.807, 2.05) is 6.20 Å². The molecule has 0 aromatic carbocycles. The van der Waals surface area contributed by atoms with E-state index >= 15 is 0 Å². The lowest BCUT2D eigenvalue weighted by molar-refractivity contribution is 0.918. The normalized spacial score (nSPS) is 18.2. The van der Waals surface area contributed by atoms with Gasteiger partial charge in [0.05, 0.1) is 0 Å². The SMILES string of the molecule is c1c[nH]c(N2CCCC2)n1. The number of nitrogens with one attached hydrogen (secondary N) is 1. The van der Waals surface area contributed by atoms with Gasteiger partial charge in [0.15, 0.2) is 0 Å². The summed E-state index contributed by atoms with van der Waals surface area (Å²) in [6.07, 6.45) is 6.28. The summed E-state index contributed by atoms with van der Waals surface area (Å²) in [7, 11) is 0. The van der Waals surface area contributed by atoms with Gasteiger partial charge in [-0.1, -0.05) is 0 Å². The number of anilines is 1. The third-order valence-corrected chi connectivity index (χ3v) is 1.89. The van der Waals surface area contributed by atoms with Crippen LogP contribution in [-0.2, 0) is 0 Å². The molecule has 0 atom stereocenters. The smallest absolute Gasteiger partial charge is 0.202 e. The summed E-state index contributed by atoms with van der Waals surface area (Å²) >= 11 is 0. The molecule has 1 aliphatic rings. The van der Waals surface area contributed by atoms with E-state index in [-0.39, 0.29) is 0 Å². The van der Waals surface area contributed by atoms with Gasteiger partial charge in [-0.15, -0.1) is 0 Å². The Balaban J connectivity index is 2.12. The van der Waals surface area contributed by atoms with Gasteiger partial charge < -0.3 is 9.88 Å². The second-order valence-electron chi connectivity index (χ2n) is 2.61. The molecule has 0 amide bonds. The van der Waals surface area contributed by atoms with Crippen molar-refractivity contribution in [2.75, 3.05) is 18.0 Å². The molecule has 2 heterocycles. The van der Waals surface area contributed by atoms with Crippen LogP contribution < -0.4 is 4.90 Å². The number of aromatic nitrogens is 2. The quantitative estimate of drug-likeness (QED) is 0.626. The van der Waals surface area contributed by atoms with Crippen molar-refractivity contribution in [1.82, 2.24) is 9.97 Å². The Morgan fingerprint density at radius 2 is 2.20 bits per heavy atom. The van der Waals surface area contributed by atoms with Crippen molar-refractivity contribution in [2.24, 2.45) is 0 Å². The van der Waals surface area contributed by atoms with E-state index in [0.717, 1.165) is 19.0 Å². The average Bonchev–Trinajstić information content (AvgIpc) is 2.59. The maximum Gasteiger partial charge on any atom is 0.202 e. The first-order valence-electron chi connectivity index (χ1n) is 3.71. The highest BCUT2D eigenvalue weighted by Crippen LogP contribution is 2.13. The van der Waals surface area contributed by atoms with Gasteiger partial charge in [-0.05, 0) is 12.8 Å². The Hall–Kier alpha value is -0.990. The van der Waals surface area contributed by atoms with Gasteiger partial charge in [0.2, 0.25) is 5.95 Å². The summed E-state index contributed by atoms with van der Waals surface area (Å²) in [6.45, 7) is 2.32. The molecule has 0 unspecified atom stereocenters. The number of hydrogen-bond acceptors (Lipinski definition) is 2. The molecule has 3 heteroatoms. The molecule has 0 radical (unpaired) electrons. The van der Waals surface area contributed by atoms with E-state index < -0.39 is 0 Å². The highest BCUT2D eigenvalue weighted by molar-refractivity contribution is 5.29. The van der Waals surface area contributed by atoms with Crippen LogP contribution in [0.1, 0.15) is 12.8 Å². The van der Waals surface area contributed by atoms with Crippen LogP contribution in [0.15, 0.2) is 12.4 Å². The zero-order chi connectivity index (χ0) is 6.81. The molecule has 10 heavy (non-hydrogen) atoms. The number of rotatable bonds is 1. The molecule has 0 spiro atoms. The first-order chi connectivity index (χ1) is 4.97. The Bertz CT molecular complexity index is 187. The largest absolute Gasteiger partial charge is 0.342 e. The second-order valence-corrected chi connectivity index (χ2v) is 2.61. The van der Waals surface area contributed by atoms with Crippen LogP contribution in [0.25, 0.3) is 0 Å². The highest BCUT2D eigenvalue weighted by Gasteiger charge is 2.12. The lowest BCUT2D eigenvalue weighted by Crippen LogP contribution is -2.18. The fourth-order valence-corrected chi connectivity index (χ4v) is 1.36. The number of nitrogens with zero attached hydrogens (tertiary/aromatic N) is 2. The molecule has 54 valence electrons. The van der Waals surface area contributed by atoms with Crippen LogP contribution >= 0.6 is 0 Å². The summed E-state index contributed by atoms with van der Waals surface area (Å²) in [4.78, 5) is 9.54. The molecule has 1 aromatic heterocycles. The minimum atomic E-state index is 1.03. The van der Waals surface area contributed by atoms with Gasteiger partial charge in [-0.3, -0.25) is 0 Å². The van der Waals surface area contributed by atoms with Crippen molar-refractivity contribution in [3.05, 3.63) is 12.4 Å². The molecule has 0 saturated carbocycles. The van der Waals surface area contributed by atoms with Gasteiger partial charge in [0.25, 0.3) is 0 Å². The lowest BCUT2D eigenvalue weighted by Gasteiger charge is -2.12. The maximum absolute atomic E-state index is 4.17. The van der Waals surface area contributed by atoms with Gasteiger partial charge >= 0.3 is 0 Å². The van der Waals surface area contributed by atoms with Crippen molar-refractivity contribution >= 4 is 5.95 Å². The van der Waals surface area contributed by atoms with Crippen LogP contribution in [0.2, 0.25) is 0 Å². The van der Waals surface area contributed by atoms with E-state index in [0.29, 0.717) is 0 Å². The predicted octanol–water partition coefficient (Wildman–Crippen LogP) is 1.01. The Morgan fingerprint density at radius 1 is 1.40 bits per heavy atom. The van der Waals surface area contributed by atoms with E-state index in [2.05, 4.69) is 14.9 Å². The molecular formula is C7H11N3. The van der Waals surface area contributed by atoms with Crippen molar-refractivity contribution in [3.8, 4) is 0 Å². The first-order valence-corrected chi connectivity index (χ1v) is 3.71. The fourth-order valence-electron chi connectivity index (χ4n) is 1.36. The minimum Gasteiger partial charge on any atom is -0.342 e. The number of aromatic amines is 1. The third-order valence-electron chi connectivity index (χ3n) is 1.89. The molecule has 1 N–H and O–H groups in total. The van der Waals surface area contributed by atoms with Crippen molar-refractivity contribution in [2.45, 2.75) is 12.8 Å². The topological polar surface area (TPSA) is 31.9 Å². The second kappa shape index (κ2) is 2.33. The number of imidazole rings is 1. The zero-order valence-corrected chi connectivity index (χ0v) is 5.88. The summed E-state index contributed by atoms with van der Waals surface area (Å²) < 4.78 is 0. The van der Waals surface area contributed by atoms with E-state index in [4.69, 9.17) is 0 Å². The van der Waals surface area contributed by atoms with E-state index in [9.17, 15) is 0 Å². The van der Waals surface area contributed by atoms with Gasteiger partial charge in [0.1, 0.15) is 0 Å². The van der Waals surface area contributed by atoms with Gasteiger partial charge in [-0.2, -0.15) is 0 Å². The summed E-state index contributed by atoms with van der Waals surface area (Å²) in [5.41, 5.74) is 0. The van der Waals surface area contributed by atoms with Crippen molar-refractivity contribution in [3.63, 3.8) is 0 Å². The molecule has 3 nitrogen and oxygen atoms in total. The van der Waals surface area contributed by atoms with Crippen LogP contribution in [0.3, 0.4) is 0 Å². The molecule has 1 fully saturated rings. The van der Waals surface area contributed by atoms with Gasteiger partial charge in [0, 0.05) is 25.5 Å². The Morgan fingerprint density at radius 3 is 2.80 bits per heavy atom. The average molecular weight is 137 g/mol. The van der Waals surface area contributed by atoms with Gasteiger partial charge in [-0.25, -0.2) is 4.98 Å². The highest BCUT2D eigenvalue weighted by atomic mass is 15.3. The molecular weight excluding hydrogens is 126 g/mol. The third kappa shape index (κ3) is 0.875. The van der Waals surface area contributed by atoms with Crippen LogP contribution in [-0.4, -0.2) is 23.1 Å².